The summed E-state index contributed by atoms with van der Waals surface area (Å²) in [5.41, 5.74) is 2.48. The van der Waals surface area contributed by atoms with Crippen molar-refractivity contribution < 1.29 is 9.90 Å². The fourth-order valence-electron chi connectivity index (χ4n) is 3.41. The van der Waals surface area contributed by atoms with Crippen molar-refractivity contribution in [1.82, 2.24) is 10.2 Å². The number of hydrogen-bond acceptors (Lipinski definition) is 3. The van der Waals surface area contributed by atoms with E-state index in [1.165, 1.54) is 11.3 Å². The SMILES string of the molecule is CCc1ccc(N2CCN(C(=O)NCC(C)(C)CC(C)O)CC2)cc1. The zero-order valence-electron chi connectivity index (χ0n) is 16.1. The van der Waals surface area contributed by atoms with Crippen molar-refractivity contribution in [2.45, 2.75) is 46.6 Å². The summed E-state index contributed by atoms with van der Waals surface area (Å²) >= 11 is 0. The fraction of sp³-hybridized carbons (Fsp3) is 0.650. The molecule has 1 aliphatic heterocycles. The quantitative estimate of drug-likeness (QED) is 0.832. The minimum absolute atomic E-state index is 0.000325. The standard InChI is InChI=1S/C20H33N3O2/c1-5-17-6-8-18(9-7-17)22-10-12-23(13-11-22)19(25)21-15-20(3,4)14-16(2)24/h6-9,16,24H,5,10-15H2,1-4H3,(H,21,25). The first kappa shape index (κ1) is 19.6. The number of hydrogen-bond donors (Lipinski definition) is 2. The number of aryl methyl sites for hydroxylation is 1. The molecule has 0 saturated carbocycles. The van der Waals surface area contributed by atoms with Crippen molar-refractivity contribution >= 4 is 11.7 Å². The summed E-state index contributed by atoms with van der Waals surface area (Å²) in [5, 5.41) is 12.6. The number of piperazine rings is 1. The molecule has 0 bridgehead atoms. The second-order valence-electron chi connectivity index (χ2n) is 7.87. The first-order valence-electron chi connectivity index (χ1n) is 9.35. The number of urea groups is 1. The van der Waals surface area contributed by atoms with Crippen LogP contribution in [0.5, 0.6) is 0 Å². The lowest BCUT2D eigenvalue weighted by molar-refractivity contribution is 0.126. The van der Waals surface area contributed by atoms with Gasteiger partial charge in [0.2, 0.25) is 0 Å². The number of nitrogens with zero attached hydrogens (tertiary/aromatic N) is 2. The summed E-state index contributed by atoms with van der Waals surface area (Å²) in [7, 11) is 0. The van der Waals surface area contributed by atoms with Crippen LogP contribution in [-0.4, -0.2) is 54.9 Å². The van der Waals surface area contributed by atoms with E-state index in [4.69, 9.17) is 0 Å². The molecule has 0 aromatic heterocycles. The lowest BCUT2D eigenvalue weighted by atomic mass is 9.87. The van der Waals surface area contributed by atoms with Crippen LogP contribution in [0.15, 0.2) is 24.3 Å². The Labute approximate surface area is 152 Å². The largest absolute Gasteiger partial charge is 0.393 e. The molecule has 1 aromatic carbocycles. The Hall–Kier alpha value is -1.75. The van der Waals surface area contributed by atoms with Crippen LogP contribution in [0.25, 0.3) is 0 Å². The van der Waals surface area contributed by atoms with E-state index in [1.807, 2.05) is 4.90 Å². The van der Waals surface area contributed by atoms with Crippen molar-refractivity contribution in [2.24, 2.45) is 5.41 Å². The number of benzene rings is 1. The van der Waals surface area contributed by atoms with E-state index in [9.17, 15) is 9.90 Å². The molecule has 25 heavy (non-hydrogen) atoms. The molecule has 1 saturated heterocycles. The van der Waals surface area contributed by atoms with Crippen LogP contribution in [0.2, 0.25) is 0 Å². The van der Waals surface area contributed by atoms with Gasteiger partial charge in [0, 0.05) is 38.4 Å². The van der Waals surface area contributed by atoms with Gasteiger partial charge in [-0.25, -0.2) is 4.79 Å². The highest BCUT2D eigenvalue weighted by atomic mass is 16.3. The molecule has 1 heterocycles. The summed E-state index contributed by atoms with van der Waals surface area (Å²) in [4.78, 5) is 16.6. The molecule has 2 N–H and O–H groups in total. The Morgan fingerprint density at radius 1 is 1.20 bits per heavy atom. The molecular formula is C20H33N3O2. The van der Waals surface area contributed by atoms with Crippen LogP contribution in [0, 0.1) is 5.41 Å². The van der Waals surface area contributed by atoms with Gasteiger partial charge in [-0.15, -0.1) is 0 Å². The average molecular weight is 348 g/mol. The van der Waals surface area contributed by atoms with E-state index in [0.717, 1.165) is 32.6 Å². The van der Waals surface area contributed by atoms with Crippen molar-refractivity contribution in [3.63, 3.8) is 0 Å². The van der Waals surface area contributed by atoms with E-state index in [0.29, 0.717) is 13.0 Å². The normalized spacial score (nSPS) is 16.7. The zero-order chi connectivity index (χ0) is 18.4. The van der Waals surface area contributed by atoms with Crippen LogP contribution in [0.3, 0.4) is 0 Å². The van der Waals surface area contributed by atoms with Gasteiger partial charge in [0.1, 0.15) is 0 Å². The van der Waals surface area contributed by atoms with Crippen LogP contribution >= 0.6 is 0 Å². The van der Waals surface area contributed by atoms with Gasteiger partial charge in [0.05, 0.1) is 6.10 Å². The van der Waals surface area contributed by atoms with Crippen LogP contribution in [-0.2, 0) is 6.42 Å². The molecule has 1 fully saturated rings. The summed E-state index contributed by atoms with van der Waals surface area (Å²) in [6.45, 7) is 11.8. The highest BCUT2D eigenvalue weighted by molar-refractivity contribution is 5.74. The van der Waals surface area contributed by atoms with Crippen LogP contribution < -0.4 is 10.2 Å². The third-order valence-corrected chi connectivity index (χ3v) is 4.84. The van der Waals surface area contributed by atoms with Gasteiger partial charge in [-0.2, -0.15) is 0 Å². The van der Waals surface area contributed by atoms with Gasteiger partial charge in [0.15, 0.2) is 0 Å². The monoisotopic (exact) mass is 347 g/mol. The molecule has 1 unspecified atom stereocenters. The number of anilines is 1. The maximum atomic E-state index is 12.4. The van der Waals surface area contributed by atoms with Crippen LogP contribution in [0.4, 0.5) is 10.5 Å². The molecule has 5 heteroatoms. The zero-order valence-corrected chi connectivity index (χ0v) is 16.1. The highest BCUT2D eigenvalue weighted by Gasteiger charge is 2.25. The first-order chi connectivity index (χ1) is 11.8. The Balaban J connectivity index is 1.79. The molecule has 1 aromatic rings. The van der Waals surface area contributed by atoms with E-state index < -0.39 is 0 Å². The summed E-state index contributed by atoms with van der Waals surface area (Å²) < 4.78 is 0. The third kappa shape index (κ3) is 5.92. The number of amides is 2. The number of nitrogens with one attached hydrogen (secondary N) is 1. The predicted octanol–water partition coefficient (Wildman–Crippen LogP) is 2.88. The second-order valence-corrected chi connectivity index (χ2v) is 7.87. The van der Waals surface area contributed by atoms with E-state index in [2.05, 4.69) is 55.3 Å². The van der Waals surface area contributed by atoms with Gasteiger partial charge < -0.3 is 20.2 Å². The number of carbonyl (C=O) groups is 1. The van der Waals surface area contributed by atoms with Gasteiger partial charge in [-0.3, -0.25) is 0 Å². The van der Waals surface area contributed by atoms with Crippen molar-refractivity contribution in [2.75, 3.05) is 37.6 Å². The molecule has 0 spiro atoms. The molecule has 0 aliphatic carbocycles. The Kier molecular flexibility index (Phi) is 6.71. The number of rotatable bonds is 6. The third-order valence-electron chi connectivity index (χ3n) is 4.84. The molecule has 2 amide bonds. The van der Waals surface area contributed by atoms with Crippen LogP contribution in [0.1, 0.15) is 39.7 Å². The molecule has 140 valence electrons. The maximum Gasteiger partial charge on any atom is 0.317 e. The Morgan fingerprint density at radius 3 is 2.32 bits per heavy atom. The van der Waals surface area contributed by atoms with Crippen molar-refractivity contribution in [3.8, 4) is 0 Å². The summed E-state index contributed by atoms with van der Waals surface area (Å²) in [6, 6.07) is 8.71. The van der Waals surface area contributed by atoms with Crippen molar-refractivity contribution in [3.05, 3.63) is 29.8 Å². The summed E-state index contributed by atoms with van der Waals surface area (Å²) in [5.74, 6) is 0. The van der Waals surface area contributed by atoms with E-state index in [-0.39, 0.29) is 17.6 Å². The van der Waals surface area contributed by atoms with E-state index in [1.54, 1.807) is 6.92 Å². The Morgan fingerprint density at radius 2 is 1.80 bits per heavy atom. The minimum atomic E-state index is -0.352. The van der Waals surface area contributed by atoms with Gasteiger partial charge in [-0.1, -0.05) is 32.9 Å². The van der Waals surface area contributed by atoms with E-state index >= 15 is 0 Å². The summed E-state index contributed by atoms with van der Waals surface area (Å²) in [6.07, 6.45) is 1.38. The fourth-order valence-corrected chi connectivity index (χ4v) is 3.41. The van der Waals surface area contributed by atoms with Gasteiger partial charge in [0.25, 0.3) is 0 Å². The molecule has 5 nitrogen and oxygen atoms in total. The number of aliphatic hydroxyl groups excluding tert-OH is 1. The molecule has 2 rings (SSSR count). The maximum absolute atomic E-state index is 12.4. The first-order valence-corrected chi connectivity index (χ1v) is 9.35. The number of carbonyl (C=O) groups excluding carboxylic acids is 1. The minimum Gasteiger partial charge on any atom is -0.393 e. The smallest absolute Gasteiger partial charge is 0.317 e. The lowest BCUT2D eigenvalue weighted by Crippen LogP contribution is -2.53. The lowest BCUT2D eigenvalue weighted by Gasteiger charge is -2.37. The van der Waals surface area contributed by atoms with Gasteiger partial charge >= 0.3 is 6.03 Å². The molecule has 1 aliphatic rings. The second kappa shape index (κ2) is 8.56. The Bertz CT molecular complexity index is 547. The average Bonchev–Trinajstić information content (AvgIpc) is 2.59. The topological polar surface area (TPSA) is 55.8 Å². The molecular weight excluding hydrogens is 314 g/mol. The van der Waals surface area contributed by atoms with Crippen molar-refractivity contribution in [1.29, 1.82) is 0 Å². The number of aliphatic hydroxyl groups is 1. The molecule has 0 radical (unpaired) electrons. The molecule has 1 atom stereocenters. The highest BCUT2D eigenvalue weighted by Crippen LogP contribution is 2.21. The van der Waals surface area contributed by atoms with Gasteiger partial charge in [-0.05, 0) is 42.9 Å². The predicted molar refractivity (Wildman–Crippen MR) is 103 cm³/mol.